The molecule has 0 atom stereocenters. The second-order valence-corrected chi connectivity index (χ2v) is 2.34. The first-order valence-corrected chi connectivity index (χ1v) is 3.74. The van der Waals surface area contributed by atoms with Crippen LogP contribution >= 0.6 is 23.2 Å². The summed E-state index contributed by atoms with van der Waals surface area (Å²) in [5.74, 6) is 0.644. The number of ether oxygens (including phenoxy) is 1. The SMILES string of the molecule is ClC=C(Cl)Oc1cc[c]cc1. The van der Waals surface area contributed by atoms with Crippen LogP contribution in [0.15, 0.2) is 35.0 Å². The number of hydrogen-bond acceptors (Lipinski definition) is 1. The largest absolute Gasteiger partial charge is 0.444 e. The number of benzene rings is 1. The lowest BCUT2D eigenvalue weighted by Gasteiger charge is -2.00. The zero-order valence-electron chi connectivity index (χ0n) is 5.55. The topological polar surface area (TPSA) is 9.23 Å². The smallest absolute Gasteiger partial charge is 0.205 e. The van der Waals surface area contributed by atoms with E-state index in [-0.39, 0.29) is 5.22 Å². The van der Waals surface area contributed by atoms with Crippen LogP contribution in [0.25, 0.3) is 0 Å². The molecule has 0 bridgehead atoms. The van der Waals surface area contributed by atoms with Gasteiger partial charge in [-0.25, -0.2) is 0 Å². The molecule has 0 unspecified atom stereocenters. The Morgan fingerprint density at radius 2 is 2.09 bits per heavy atom. The van der Waals surface area contributed by atoms with Crippen LogP contribution in [0.4, 0.5) is 0 Å². The molecule has 1 aromatic carbocycles. The first-order chi connectivity index (χ1) is 5.33. The molecule has 0 amide bonds. The number of halogens is 2. The predicted octanol–water partition coefficient (Wildman–Crippen LogP) is 3.14. The highest BCUT2D eigenvalue weighted by Crippen LogP contribution is 2.14. The molecule has 0 heterocycles. The van der Waals surface area contributed by atoms with Gasteiger partial charge in [0.1, 0.15) is 5.75 Å². The summed E-state index contributed by atoms with van der Waals surface area (Å²) >= 11 is 10.8. The average Bonchev–Trinajstić information content (AvgIpc) is 2.06. The van der Waals surface area contributed by atoms with Crippen LogP contribution in [-0.2, 0) is 0 Å². The van der Waals surface area contributed by atoms with Crippen molar-refractivity contribution in [3.8, 4) is 5.75 Å². The molecule has 57 valence electrons. The van der Waals surface area contributed by atoms with E-state index in [1.165, 1.54) is 0 Å². The molecule has 1 nitrogen and oxygen atoms in total. The van der Waals surface area contributed by atoms with Gasteiger partial charge in [0, 0.05) is 0 Å². The number of rotatable bonds is 2. The summed E-state index contributed by atoms with van der Waals surface area (Å²) < 4.78 is 5.04. The lowest BCUT2D eigenvalue weighted by molar-refractivity contribution is 0.464. The molecule has 0 aliphatic carbocycles. The molecular weight excluding hydrogens is 183 g/mol. The van der Waals surface area contributed by atoms with Crippen LogP contribution < -0.4 is 4.74 Å². The van der Waals surface area contributed by atoms with E-state index in [0.29, 0.717) is 5.75 Å². The Labute approximate surface area is 75.2 Å². The third kappa shape index (κ3) is 2.83. The van der Waals surface area contributed by atoms with Crippen LogP contribution in [0.1, 0.15) is 0 Å². The molecule has 0 saturated heterocycles. The number of hydrogen-bond donors (Lipinski definition) is 0. The van der Waals surface area contributed by atoms with E-state index < -0.39 is 0 Å². The van der Waals surface area contributed by atoms with Gasteiger partial charge in [-0.15, -0.1) is 0 Å². The molecule has 0 fully saturated rings. The Morgan fingerprint density at radius 3 is 2.64 bits per heavy atom. The van der Waals surface area contributed by atoms with Gasteiger partial charge >= 0.3 is 0 Å². The maximum atomic E-state index is 5.50. The molecule has 1 aromatic rings. The van der Waals surface area contributed by atoms with Crippen molar-refractivity contribution in [3.05, 3.63) is 41.1 Å². The Hall–Kier alpha value is -0.660. The fourth-order valence-electron chi connectivity index (χ4n) is 0.575. The van der Waals surface area contributed by atoms with Crippen LogP contribution in [0, 0.1) is 6.07 Å². The standard InChI is InChI=1S/C8H5Cl2O/c9-6-8(10)11-7-4-2-1-3-5-7/h2-6H. The third-order valence-electron chi connectivity index (χ3n) is 0.989. The van der Waals surface area contributed by atoms with Gasteiger partial charge in [0.2, 0.25) is 5.22 Å². The lowest BCUT2D eigenvalue weighted by atomic mass is 10.3. The zero-order chi connectivity index (χ0) is 8.10. The van der Waals surface area contributed by atoms with Crippen LogP contribution in [0.2, 0.25) is 0 Å². The average molecular weight is 188 g/mol. The minimum absolute atomic E-state index is 0.151. The predicted molar refractivity (Wildman–Crippen MR) is 45.7 cm³/mol. The molecule has 0 saturated carbocycles. The highest BCUT2D eigenvalue weighted by Gasteiger charge is 1.93. The van der Waals surface area contributed by atoms with Crippen molar-refractivity contribution in [3.63, 3.8) is 0 Å². The van der Waals surface area contributed by atoms with Gasteiger partial charge in [-0.05, 0) is 29.8 Å². The van der Waals surface area contributed by atoms with E-state index in [4.69, 9.17) is 27.9 Å². The van der Waals surface area contributed by atoms with Gasteiger partial charge < -0.3 is 4.74 Å². The van der Waals surface area contributed by atoms with Gasteiger partial charge in [-0.1, -0.05) is 23.7 Å². The minimum atomic E-state index is 0.151. The normalized spacial score (nSPS) is 11.3. The Balaban J connectivity index is 2.65. The van der Waals surface area contributed by atoms with Crippen molar-refractivity contribution in [1.29, 1.82) is 0 Å². The first kappa shape index (κ1) is 8.44. The molecule has 0 aromatic heterocycles. The van der Waals surface area contributed by atoms with E-state index in [9.17, 15) is 0 Å². The van der Waals surface area contributed by atoms with Crippen LogP contribution in [0.3, 0.4) is 0 Å². The molecule has 0 N–H and O–H groups in total. The molecule has 1 rings (SSSR count). The molecule has 0 aliphatic heterocycles. The molecule has 1 radical (unpaired) electrons. The van der Waals surface area contributed by atoms with Gasteiger partial charge in [0.25, 0.3) is 0 Å². The summed E-state index contributed by atoms with van der Waals surface area (Å²) in [5, 5.41) is 0.151. The fourth-order valence-corrected chi connectivity index (χ4v) is 0.708. The van der Waals surface area contributed by atoms with Crippen molar-refractivity contribution in [1.82, 2.24) is 0 Å². The molecule has 0 aliphatic rings. The van der Waals surface area contributed by atoms with Gasteiger partial charge in [-0.2, -0.15) is 0 Å². The molecule has 3 heteroatoms. The van der Waals surface area contributed by atoms with Crippen molar-refractivity contribution >= 4 is 23.2 Å². The highest BCUT2D eigenvalue weighted by atomic mass is 35.5. The van der Waals surface area contributed by atoms with E-state index in [0.717, 1.165) is 5.54 Å². The summed E-state index contributed by atoms with van der Waals surface area (Å²) in [6.45, 7) is 0. The molecule has 11 heavy (non-hydrogen) atoms. The quantitative estimate of drug-likeness (QED) is 0.647. The van der Waals surface area contributed by atoms with E-state index >= 15 is 0 Å². The summed E-state index contributed by atoms with van der Waals surface area (Å²) in [6.07, 6.45) is 0. The van der Waals surface area contributed by atoms with Gasteiger partial charge in [0.05, 0.1) is 5.54 Å². The Morgan fingerprint density at radius 1 is 1.45 bits per heavy atom. The zero-order valence-corrected chi connectivity index (χ0v) is 7.06. The van der Waals surface area contributed by atoms with Crippen LogP contribution in [0.5, 0.6) is 5.75 Å². The first-order valence-electron chi connectivity index (χ1n) is 2.93. The van der Waals surface area contributed by atoms with Gasteiger partial charge in [-0.3, -0.25) is 0 Å². The van der Waals surface area contributed by atoms with Crippen molar-refractivity contribution in [2.75, 3.05) is 0 Å². The summed E-state index contributed by atoms with van der Waals surface area (Å²) in [7, 11) is 0. The van der Waals surface area contributed by atoms with Crippen molar-refractivity contribution < 1.29 is 4.74 Å². The van der Waals surface area contributed by atoms with Gasteiger partial charge in [0.15, 0.2) is 0 Å². The lowest BCUT2D eigenvalue weighted by Crippen LogP contribution is -1.85. The summed E-state index contributed by atoms with van der Waals surface area (Å²) in [6, 6.07) is 9.79. The van der Waals surface area contributed by atoms with Crippen LogP contribution in [-0.4, -0.2) is 0 Å². The van der Waals surface area contributed by atoms with E-state index in [2.05, 4.69) is 6.07 Å². The second kappa shape index (κ2) is 4.27. The second-order valence-electron chi connectivity index (χ2n) is 1.75. The monoisotopic (exact) mass is 187 g/mol. The third-order valence-corrected chi connectivity index (χ3v) is 1.48. The van der Waals surface area contributed by atoms with Crippen molar-refractivity contribution in [2.24, 2.45) is 0 Å². The van der Waals surface area contributed by atoms with Crippen molar-refractivity contribution in [2.45, 2.75) is 0 Å². The maximum Gasteiger partial charge on any atom is 0.205 e. The van der Waals surface area contributed by atoms with E-state index in [1.807, 2.05) is 0 Å². The summed E-state index contributed by atoms with van der Waals surface area (Å²) in [4.78, 5) is 0. The molecular formula is C8H5Cl2O. The minimum Gasteiger partial charge on any atom is -0.444 e. The summed E-state index contributed by atoms with van der Waals surface area (Å²) in [5.41, 5.74) is 1.16. The van der Waals surface area contributed by atoms with E-state index in [1.54, 1.807) is 24.3 Å². The molecule has 0 spiro atoms. The Kier molecular flexibility index (Phi) is 3.27. The Bertz CT molecular complexity index is 244. The highest BCUT2D eigenvalue weighted by molar-refractivity contribution is 6.35. The maximum absolute atomic E-state index is 5.50. The fraction of sp³-hybridized carbons (Fsp3) is 0.